The Morgan fingerprint density at radius 3 is 2.44 bits per heavy atom. The maximum atomic E-state index is 10.3. The summed E-state index contributed by atoms with van der Waals surface area (Å²) in [6, 6.07) is 5.31. The van der Waals surface area contributed by atoms with Crippen LogP contribution in [0.4, 0.5) is 0 Å². The molecule has 0 amide bonds. The zero-order valence-electron chi connectivity index (χ0n) is 4.59. The molecule has 0 spiro atoms. The highest BCUT2D eigenvalue weighted by Gasteiger charge is 2.20. The van der Waals surface area contributed by atoms with Crippen LogP contribution in [-0.4, -0.2) is 11.1 Å². The molecule has 0 atom stereocenters. The second-order valence-corrected chi connectivity index (χ2v) is 2.07. The van der Waals surface area contributed by atoms with E-state index in [2.05, 4.69) is 0 Å². The number of carboxylic acid groups (broad SMARTS) is 1. The van der Waals surface area contributed by atoms with Gasteiger partial charge >= 0.3 is 5.97 Å². The van der Waals surface area contributed by atoms with Crippen LogP contribution in [0.2, 0.25) is 0 Å². The van der Waals surface area contributed by atoms with Crippen LogP contribution in [0.1, 0.15) is 10.4 Å². The molecule has 2 aliphatic rings. The van der Waals surface area contributed by atoms with E-state index in [9.17, 15) is 4.79 Å². The fourth-order valence-corrected chi connectivity index (χ4v) is 0.940. The molecule has 2 heteroatoms. The first kappa shape index (κ1) is 4.56. The molecule has 2 aliphatic carbocycles. The summed E-state index contributed by atoms with van der Waals surface area (Å²) in [6.45, 7) is 0. The fraction of sp³-hybridized carbons (Fsp3) is 0. The lowest BCUT2D eigenvalue weighted by molar-refractivity contribution is 0.0698. The van der Waals surface area contributed by atoms with Crippen LogP contribution >= 0.6 is 0 Å². The average molecular weight is 120 g/mol. The number of rotatable bonds is 1. The Kier molecular flexibility index (Phi) is 0.585. The molecule has 0 fully saturated rings. The van der Waals surface area contributed by atoms with Crippen molar-refractivity contribution in [3.63, 3.8) is 0 Å². The van der Waals surface area contributed by atoms with Gasteiger partial charge in [0.1, 0.15) is 0 Å². The zero-order chi connectivity index (χ0) is 6.43. The topological polar surface area (TPSA) is 37.3 Å². The Bertz CT molecular complexity index is 289. The van der Waals surface area contributed by atoms with Crippen LogP contribution in [0, 0.1) is 0 Å². The average Bonchev–Trinajstić information content (AvgIpc) is 2.43. The lowest BCUT2D eigenvalue weighted by atomic mass is 10.3. The smallest absolute Gasteiger partial charge is 0.336 e. The minimum atomic E-state index is -0.829. The van der Waals surface area contributed by atoms with Gasteiger partial charge in [-0.05, 0) is 23.3 Å². The number of carboxylic acids is 1. The van der Waals surface area contributed by atoms with Crippen molar-refractivity contribution in [3.8, 4) is 11.1 Å². The normalized spacial score (nSPS) is 11.1. The van der Waals surface area contributed by atoms with E-state index in [1.165, 1.54) is 0 Å². The third-order valence-corrected chi connectivity index (χ3v) is 1.48. The van der Waals surface area contributed by atoms with Crippen LogP contribution in [0.5, 0.6) is 0 Å². The number of hydrogen-bond donors (Lipinski definition) is 1. The monoisotopic (exact) mass is 120 g/mol. The third-order valence-electron chi connectivity index (χ3n) is 1.48. The predicted molar refractivity (Wildman–Crippen MR) is 32.4 cm³/mol. The highest BCUT2D eigenvalue weighted by molar-refractivity contribution is 6.03. The van der Waals surface area contributed by atoms with E-state index in [0.29, 0.717) is 5.56 Å². The van der Waals surface area contributed by atoms with Crippen LogP contribution in [0.15, 0.2) is 18.2 Å². The molecule has 0 aliphatic heterocycles. The summed E-state index contributed by atoms with van der Waals surface area (Å²) in [7, 11) is 0. The summed E-state index contributed by atoms with van der Waals surface area (Å²) < 4.78 is 0. The van der Waals surface area contributed by atoms with Gasteiger partial charge in [0.05, 0.1) is 5.56 Å². The first-order chi connectivity index (χ1) is 4.29. The maximum Gasteiger partial charge on any atom is 0.336 e. The van der Waals surface area contributed by atoms with Gasteiger partial charge < -0.3 is 5.11 Å². The third kappa shape index (κ3) is 0.470. The number of fused-ring (bicyclic) bond motifs is 1. The molecule has 0 bridgehead atoms. The molecule has 9 heavy (non-hydrogen) atoms. The lowest BCUT2D eigenvalue weighted by Gasteiger charge is -1.82. The van der Waals surface area contributed by atoms with Crippen molar-refractivity contribution in [1.29, 1.82) is 0 Å². The van der Waals surface area contributed by atoms with Crippen LogP contribution in [-0.2, 0) is 0 Å². The van der Waals surface area contributed by atoms with E-state index in [1.54, 1.807) is 6.07 Å². The largest absolute Gasteiger partial charge is 0.478 e. The second kappa shape index (κ2) is 1.16. The van der Waals surface area contributed by atoms with Crippen molar-refractivity contribution in [2.75, 3.05) is 0 Å². The Labute approximate surface area is 51.7 Å². The summed E-state index contributed by atoms with van der Waals surface area (Å²) >= 11 is 0. The fourth-order valence-electron chi connectivity index (χ4n) is 0.940. The number of carbonyl (C=O) groups is 1. The van der Waals surface area contributed by atoms with Crippen molar-refractivity contribution in [2.24, 2.45) is 0 Å². The first-order valence-electron chi connectivity index (χ1n) is 2.67. The van der Waals surface area contributed by atoms with E-state index in [-0.39, 0.29) is 0 Å². The molecule has 1 N–H and O–H groups in total. The molecule has 0 aromatic carbocycles. The standard InChI is InChI=1S/C7H4O2/c8-7(9)5-2-1-4-3-6(4)5/h1-3H,(H,8,9). The van der Waals surface area contributed by atoms with Crippen molar-refractivity contribution in [3.05, 3.63) is 23.8 Å². The molecular formula is C7H4O2. The van der Waals surface area contributed by atoms with Gasteiger partial charge in [0.2, 0.25) is 0 Å². The SMILES string of the molecule is O=C(O)c1ccc2cc1-2. The molecule has 0 aromatic heterocycles. The van der Waals surface area contributed by atoms with Crippen molar-refractivity contribution >= 4 is 5.97 Å². The molecule has 44 valence electrons. The Morgan fingerprint density at radius 1 is 1.44 bits per heavy atom. The van der Waals surface area contributed by atoms with Gasteiger partial charge in [-0.1, -0.05) is 6.07 Å². The molecule has 0 aromatic rings. The number of aromatic carboxylic acids is 1. The molecule has 0 saturated heterocycles. The van der Waals surface area contributed by atoms with Crippen LogP contribution in [0.3, 0.4) is 0 Å². The Hall–Kier alpha value is -1.31. The van der Waals surface area contributed by atoms with Crippen LogP contribution < -0.4 is 0 Å². The Morgan fingerprint density at radius 2 is 2.22 bits per heavy atom. The van der Waals surface area contributed by atoms with Gasteiger partial charge in [-0.25, -0.2) is 4.79 Å². The van der Waals surface area contributed by atoms with Gasteiger partial charge in [0.15, 0.2) is 0 Å². The van der Waals surface area contributed by atoms with E-state index in [4.69, 9.17) is 5.11 Å². The quantitative estimate of drug-likeness (QED) is 0.617. The van der Waals surface area contributed by atoms with Gasteiger partial charge in [-0.15, -0.1) is 0 Å². The molecule has 0 saturated carbocycles. The van der Waals surface area contributed by atoms with Crippen molar-refractivity contribution < 1.29 is 9.90 Å². The molecule has 0 radical (unpaired) electrons. The minimum Gasteiger partial charge on any atom is -0.478 e. The van der Waals surface area contributed by atoms with Gasteiger partial charge in [-0.3, -0.25) is 0 Å². The number of benzene rings is 1. The lowest BCUT2D eigenvalue weighted by Crippen LogP contribution is -1.91. The van der Waals surface area contributed by atoms with Gasteiger partial charge in [-0.2, -0.15) is 0 Å². The summed E-state index contributed by atoms with van der Waals surface area (Å²) in [5.41, 5.74) is 2.42. The van der Waals surface area contributed by atoms with E-state index in [0.717, 1.165) is 11.1 Å². The first-order valence-corrected chi connectivity index (χ1v) is 2.67. The summed E-state index contributed by atoms with van der Waals surface area (Å²) in [5.74, 6) is -0.829. The van der Waals surface area contributed by atoms with Crippen molar-refractivity contribution in [2.45, 2.75) is 0 Å². The molecule has 0 unspecified atom stereocenters. The summed E-state index contributed by atoms with van der Waals surface area (Å²) in [4.78, 5) is 10.3. The maximum absolute atomic E-state index is 10.3. The highest BCUT2D eigenvalue weighted by Crippen LogP contribution is 2.37. The van der Waals surface area contributed by atoms with E-state index in [1.807, 2.05) is 12.1 Å². The second-order valence-electron chi connectivity index (χ2n) is 2.07. The molecule has 0 heterocycles. The summed E-state index contributed by atoms with van der Waals surface area (Å²) in [5, 5.41) is 8.47. The summed E-state index contributed by atoms with van der Waals surface area (Å²) in [6.07, 6.45) is 0. The van der Waals surface area contributed by atoms with E-state index >= 15 is 0 Å². The number of hydrogen-bond acceptors (Lipinski definition) is 1. The Balaban J connectivity index is 2.53. The predicted octanol–water partition coefficient (Wildman–Crippen LogP) is 1.37. The molecular weight excluding hydrogens is 116 g/mol. The highest BCUT2D eigenvalue weighted by atomic mass is 16.4. The molecule has 2 rings (SSSR count). The minimum absolute atomic E-state index is 0.435. The van der Waals surface area contributed by atoms with Crippen molar-refractivity contribution in [1.82, 2.24) is 0 Å². The van der Waals surface area contributed by atoms with Gasteiger partial charge in [0, 0.05) is 0 Å². The molecule has 2 nitrogen and oxygen atoms in total. The van der Waals surface area contributed by atoms with E-state index < -0.39 is 5.97 Å². The van der Waals surface area contributed by atoms with Crippen LogP contribution in [0.25, 0.3) is 11.1 Å². The zero-order valence-corrected chi connectivity index (χ0v) is 4.59. The van der Waals surface area contributed by atoms with Gasteiger partial charge in [0.25, 0.3) is 0 Å².